The Hall–Kier alpha value is -3.71. The summed E-state index contributed by atoms with van der Waals surface area (Å²) in [5.41, 5.74) is 11.0. The molecule has 7 nitrogen and oxygen atoms in total. The van der Waals surface area contributed by atoms with Crippen molar-refractivity contribution in [2.75, 3.05) is 12.3 Å². The van der Waals surface area contributed by atoms with Gasteiger partial charge in [-0.25, -0.2) is 4.98 Å². The van der Waals surface area contributed by atoms with Crippen LogP contribution in [0.3, 0.4) is 0 Å². The van der Waals surface area contributed by atoms with Crippen molar-refractivity contribution in [2.24, 2.45) is 5.92 Å². The van der Waals surface area contributed by atoms with Crippen LogP contribution in [-0.4, -0.2) is 35.4 Å². The first kappa shape index (κ1) is 24.4. The smallest absolute Gasteiger partial charge is 0.242 e. The van der Waals surface area contributed by atoms with Gasteiger partial charge >= 0.3 is 0 Å². The lowest BCUT2D eigenvalue weighted by Gasteiger charge is -2.17. The van der Waals surface area contributed by atoms with E-state index in [0.717, 1.165) is 30.6 Å². The number of anilines is 1. The summed E-state index contributed by atoms with van der Waals surface area (Å²) in [5.74, 6) is 0.437. The Labute approximate surface area is 206 Å². The van der Waals surface area contributed by atoms with E-state index in [4.69, 9.17) is 5.73 Å². The van der Waals surface area contributed by atoms with Crippen LogP contribution in [0.2, 0.25) is 0 Å². The van der Waals surface area contributed by atoms with Crippen LogP contribution in [0.25, 0.3) is 11.1 Å². The number of hydrogen-bond donors (Lipinski definition) is 4. The minimum absolute atomic E-state index is 0.140. The average Bonchev–Trinajstić information content (AvgIpc) is 3.32. The largest absolute Gasteiger partial charge is 0.384 e. The number of aromatic nitrogens is 1. The summed E-state index contributed by atoms with van der Waals surface area (Å²) in [6.45, 7) is 4.66. The number of nitrogen functional groups attached to an aromatic ring is 1. The Morgan fingerprint density at radius 2 is 1.86 bits per heavy atom. The van der Waals surface area contributed by atoms with Gasteiger partial charge in [-0.3, -0.25) is 9.59 Å². The molecule has 1 fully saturated rings. The number of carbonyl (C=O) groups is 2. The number of nitrogens with zero attached hydrogens (tertiary/aromatic N) is 1. The van der Waals surface area contributed by atoms with Crippen LogP contribution >= 0.6 is 0 Å². The Morgan fingerprint density at radius 1 is 1.09 bits per heavy atom. The first-order chi connectivity index (χ1) is 16.9. The minimum atomic E-state index is -0.632. The molecule has 3 aromatic rings. The summed E-state index contributed by atoms with van der Waals surface area (Å²) in [7, 11) is 0. The normalized spacial score (nSPS) is 18.1. The third-order valence-corrected chi connectivity index (χ3v) is 6.52. The molecule has 5 N–H and O–H groups in total. The first-order valence-corrected chi connectivity index (χ1v) is 12.1. The van der Waals surface area contributed by atoms with Crippen LogP contribution in [0.4, 0.5) is 5.82 Å². The predicted molar refractivity (Wildman–Crippen MR) is 138 cm³/mol. The molecule has 0 saturated carbocycles. The predicted octanol–water partition coefficient (Wildman–Crippen LogP) is 2.98. The molecule has 1 aliphatic heterocycles. The number of nitrogens with two attached hydrogens (primary N) is 1. The second-order valence-electron chi connectivity index (χ2n) is 9.26. The summed E-state index contributed by atoms with van der Waals surface area (Å²) in [6, 6.07) is 21.6. The molecule has 2 amide bonds. The molecule has 0 radical (unpaired) electrons. The molecule has 0 bridgehead atoms. The van der Waals surface area contributed by atoms with Crippen molar-refractivity contribution in [1.82, 2.24) is 20.9 Å². The van der Waals surface area contributed by atoms with E-state index in [1.54, 1.807) is 13.0 Å². The second kappa shape index (κ2) is 11.1. The Bertz CT molecular complexity index is 1180. The van der Waals surface area contributed by atoms with Gasteiger partial charge in [-0.2, -0.15) is 0 Å². The van der Waals surface area contributed by atoms with Crippen molar-refractivity contribution in [3.8, 4) is 11.1 Å². The molecule has 1 aromatic heterocycles. The lowest BCUT2D eigenvalue weighted by atomic mass is 9.94. The van der Waals surface area contributed by atoms with Gasteiger partial charge in [0.05, 0.1) is 6.04 Å². The van der Waals surface area contributed by atoms with Crippen molar-refractivity contribution in [3.63, 3.8) is 0 Å². The number of aryl methyl sites for hydroxylation is 1. The zero-order valence-corrected chi connectivity index (χ0v) is 20.3. The number of hydrogen-bond acceptors (Lipinski definition) is 5. The summed E-state index contributed by atoms with van der Waals surface area (Å²) in [4.78, 5) is 29.5. The van der Waals surface area contributed by atoms with Crippen LogP contribution in [0.5, 0.6) is 0 Å². The molecular weight excluding hydrogens is 438 g/mol. The number of rotatable bonds is 8. The molecule has 0 spiro atoms. The molecule has 35 heavy (non-hydrogen) atoms. The van der Waals surface area contributed by atoms with Crippen molar-refractivity contribution in [2.45, 2.75) is 45.3 Å². The Kier molecular flexibility index (Phi) is 7.77. The van der Waals surface area contributed by atoms with Gasteiger partial charge in [0, 0.05) is 12.2 Å². The van der Waals surface area contributed by atoms with Crippen LogP contribution < -0.4 is 21.7 Å². The molecule has 2 aromatic carbocycles. The fourth-order valence-corrected chi connectivity index (χ4v) is 4.52. The van der Waals surface area contributed by atoms with E-state index >= 15 is 0 Å². The zero-order chi connectivity index (χ0) is 24.8. The molecule has 1 saturated heterocycles. The number of amides is 2. The SMILES string of the molecule is Cc1nc(N)ccc1CNC(=O)[C@H](C)NC(=O)[C@H]1C[C@H](Cc2cccc(-c3ccccc3)c2)CN1. The fraction of sp³-hybridized carbons (Fsp3) is 0.321. The lowest BCUT2D eigenvalue weighted by molar-refractivity contribution is -0.129. The van der Waals surface area contributed by atoms with Crippen molar-refractivity contribution >= 4 is 17.6 Å². The van der Waals surface area contributed by atoms with Gasteiger partial charge < -0.3 is 21.7 Å². The highest BCUT2D eigenvalue weighted by Gasteiger charge is 2.31. The van der Waals surface area contributed by atoms with E-state index in [9.17, 15) is 9.59 Å². The molecule has 3 atom stereocenters. The van der Waals surface area contributed by atoms with Crippen LogP contribution in [0.1, 0.15) is 30.2 Å². The highest BCUT2D eigenvalue weighted by molar-refractivity contribution is 5.89. The summed E-state index contributed by atoms with van der Waals surface area (Å²) >= 11 is 0. The first-order valence-electron chi connectivity index (χ1n) is 12.1. The molecule has 182 valence electrons. The maximum atomic E-state index is 12.8. The topological polar surface area (TPSA) is 109 Å². The van der Waals surface area contributed by atoms with Gasteiger partial charge in [-0.1, -0.05) is 60.7 Å². The van der Waals surface area contributed by atoms with Gasteiger partial charge in [0.25, 0.3) is 0 Å². The van der Waals surface area contributed by atoms with E-state index < -0.39 is 6.04 Å². The van der Waals surface area contributed by atoms with Crippen LogP contribution in [-0.2, 0) is 22.6 Å². The standard InChI is InChI=1S/C28H33N5O2/c1-18-24(11-12-26(29)32-18)17-31-27(34)19(2)33-28(35)25-15-21(16-30-25)13-20-7-6-10-23(14-20)22-8-4-3-5-9-22/h3-12,14,19,21,25,30H,13,15-17H2,1-2H3,(H2,29,32)(H,31,34)(H,33,35)/t19-,21-,25+/m0/s1. The number of benzene rings is 2. The molecule has 4 rings (SSSR count). The van der Waals surface area contributed by atoms with E-state index in [2.05, 4.69) is 57.3 Å². The van der Waals surface area contributed by atoms with Gasteiger partial charge in [-0.05, 0) is 67.5 Å². The highest BCUT2D eigenvalue weighted by atomic mass is 16.2. The van der Waals surface area contributed by atoms with Gasteiger partial charge in [0.1, 0.15) is 11.9 Å². The minimum Gasteiger partial charge on any atom is -0.384 e. The second-order valence-corrected chi connectivity index (χ2v) is 9.26. The maximum Gasteiger partial charge on any atom is 0.242 e. The third kappa shape index (κ3) is 6.45. The van der Waals surface area contributed by atoms with Crippen LogP contribution in [0, 0.1) is 12.8 Å². The third-order valence-electron chi connectivity index (χ3n) is 6.52. The lowest BCUT2D eigenvalue weighted by Crippen LogP contribution is -2.50. The van der Waals surface area contributed by atoms with E-state index in [-0.39, 0.29) is 17.9 Å². The van der Waals surface area contributed by atoms with E-state index in [0.29, 0.717) is 18.3 Å². The van der Waals surface area contributed by atoms with E-state index in [1.165, 1.54) is 16.7 Å². The van der Waals surface area contributed by atoms with Gasteiger partial charge in [0.15, 0.2) is 0 Å². The summed E-state index contributed by atoms with van der Waals surface area (Å²) < 4.78 is 0. The van der Waals surface area contributed by atoms with Crippen molar-refractivity contribution in [3.05, 3.63) is 83.6 Å². The monoisotopic (exact) mass is 471 g/mol. The van der Waals surface area contributed by atoms with Crippen LogP contribution in [0.15, 0.2) is 66.7 Å². The van der Waals surface area contributed by atoms with Crippen molar-refractivity contribution in [1.29, 1.82) is 0 Å². The molecule has 0 unspecified atom stereocenters. The molecule has 2 heterocycles. The number of carbonyl (C=O) groups excluding carboxylic acids is 2. The molecule has 1 aliphatic rings. The molecular formula is C28H33N5O2. The quantitative estimate of drug-likeness (QED) is 0.404. The Morgan fingerprint density at radius 3 is 2.63 bits per heavy atom. The molecule has 7 heteroatoms. The van der Waals surface area contributed by atoms with Gasteiger partial charge in [-0.15, -0.1) is 0 Å². The number of pyridine rings is 1. The molecule has 0 aliphatic carbocycles. The Balaban J connectivity index is 1.25. The van der Waals surface area contributed by atoms with Crippen molar-refractivity contribution < 1.29 is 9.59 Å². The number of nitrogens with one attached hydrogen (secondary N) is 3. The average molecular weight is 472 g/mol. The summed E-state index contributed by atoms with van der Waals surface area (Å²) in [6.07, 6.45) is 1.65. The fourth-order valence-electron chi connectivity index (χ4n) is 4.52. The van der Waals surface area contributed by atoms with E-state index in [1.807, 2.05) is 31.2 Å². The zero-order valence-electron chi connectivity index (χ0n) is 20.3. The highest BCUT2D eigenvalue weighted by Crippen LogP contribution is 2.24. The van der Waals surface area contributed by atoms with Gasteiger partial charge in [0.2, 0.25) is 11.8 Å². The maximum absolute atomic E-state index is 12.8. The summed E-state index contributed by atoms with van der Waals surface area (Å²) in [5, 5.41) is 9.03.